The van der Waals surface area contributed by atoms with E-state index in [1.807, 2.05) is 25.1 Å². The topological polar surface area (TPSA) is 165 Å². The van der Waals surface area contributed by atoms with E-state index in [-0.39, 0.29) is 46.1 Å². The van der Waals surface area contributed by atoms with Crippen LogP contribution in [-0.2, 0) is 9.53 Å². The van der Waals surface area contributed by atoms with Gasteiger partial charge in [0, 0.05) is 48.9 Å². The normalized spacial score (nSPS) is 45.6. The molecule has 0 aromatic heterocycles. The summed E-state index contributed by atoms with van der Waals surface area (Å²) in [5.74, 6) is 5.42. The number of benzene rings is 1. The Balaban J connectivity index is 1.21. The standard InChI is InChI=1S/C55H74O9/c1-32(57)34-23-35-26-38-33(24-36(35)37(25-34)41(58)11-10-22-64-5)13-19-53-20-14-43-51(4,47(63)30-56)44(60)15-21-54(38,43)48(53)42(59)27-39-40-28-49(2)16-7-6-12-45(61)55(40,46(62)29-50(39,53)3)52(31-49)17-8-9-18-52/h23-27,32-33,38,40,43-48,56-57,60-63H,7-11,13-22,28-31H2,1-5H3. The lowest BCUT2D eigenvalue weighted by Gasteiger charge is -2.75. The van der Waals surface area contributed by atoms with Gasteiger partial charge in [0.05, 0.1) is 31.0 Å². The van der Waals surface area contributed by atoms with Gasteiger partial charge >= 0.3 is 0 Å². The number of hydrogen-bond acceptors (Lipinski definition) is 9. The van der Waals surface area contributed by atoms with Crippen molar-refractivity contribution in [3.8, 4) is 11.8 Å². The summed E-state index contributed by atoms with van der Waals surface area (Å²) in [6, 6.07) is 3.86. The van der Waals surface area contributed by atoms with Crippen molar-refractivity contribution in [1.29, 1.82) is 0 Å². The fraction of sp³-hybridized carbons (Fsp3) is 0.745. The first-order chi connectivity index (χ1) is 30.4. The Morgan fingerprint density at radius 2 is 1.69 bits per heavy atom. The number of aliphatic hydroxyl groups excluding tert-OH is 6. The molecule has 0 saturated heterocycles. The zero-order valence-corrected chi connectivity index (χ0v) is 39.0. The summed E-state index contributed by atoms with van der Waals surface area (Å²) >= 11 is 0. The van der Waals surface area contributed by atoms with E-state index in [4.69, 9.17) is 4.74 Å². The van der Waals surface area contributed by atoms with Gasteiger partial charge in [0.2, 0.25) is 0 Å². The highest BCUT2D eigenvalue weighted by molar-refractivity contribution is 5.97. The molecule has 6 N–H and O–H groups in total. The minimum absolute atomic E-state index is 0.000518. The molecule has 16 atom stereocenters. The second kappa shape index (κ2) is 15.4. The van der Waals surface area contributed by atoms with Crippen LogP contribution in [0.3, 0.4) is 0 Å². The molecule has 10 aliphatic rings. The number of hydrogen-bond donors (Lipinski definition) is 6. The van der Waals surface area contributed by atoms with Gasteiger partial charge < -0.3 is 35.4 Å². The molecule has 1 aromatic rings. The van der Waals surface area contributed by atoms with Crippen LogP contribution in [0.4, 0.5) is 0 Å². The van der Waals surface area contributed by atoms with Crippen LogP contribution in [0.2, 0.25) is 0 Å². The van der Waals surface area contributed by atoms with E-state index in [0.717, 1.165) is 73.8 Å². The number of methoxy groups -OCH3 is 1. The van der Waals surface area contributed by atoms with Crippen molar-refractivity contribution in [2.75, 3.05) is 20.3 Å². The molecule has 64 heavy (non-hydrogen) atoms. The number of Topliss-reactive ketones (excluding diaryl/α,β-unsaturated/α-hetero) is 1. The van der Waals surface area contributed by atoms with Gasteiger partial charge in [-0.05, 0) is 175 Å². The number of carbonyl (C=O) groups is 2. The van der Waals surface area contributed by atoms with Crippen LogP contribution in [0.1, 0.15) is 159 Å². The van der Waals surface area contributed by atoms with Crippen LogP contribution >= 0.6 is 0 Å². The summed E-state index contributed by atoms with van der Waals surface area (Å²) in [7, 11) is 1.63. The number of aliphatic hydroxyl groups is 6. The van der Waals surface area contributed by atoms with Crippen molar-refractivity contribution in [3.05, 3.63) is 45.3 Å². The van der Waals surface area contributed by atoms with Crippen LogP contribution in [0.15, 0.2) is 23.8 Å². The second-order valence-corrected chi connectivity index (χ2v) is 23.7. The van der Waals surface area contributed by atoms with Gasteiger partial charge in [0.15, 0.2) is 11.6 Å². The maximum absolute atomic E-state index is 16.2. The van der Waals surface area contributed by atoms with E-state index in [1.165, 1.54) is 0 Å². The minimum Gasteiger partial charge on any atom is -0.394 e. The number of rotatable bonds is 8. The third-order valence-electron chi connectivity index (χ3n) is 21.3. The molecule has 0 radical (unpaired) electrons. The molecule has 6 fully saturated rings. The Hall–Kier alpha value is -2.68. The van der Waals surface area contributed by atoms with Crippen molar-refractivity contribution in [1.82, 2.24) is 0 Å². The fourth-order valence-corrected chi connectivity index (χ4v) is 18.7. The zero-order chi connectivity index (χ0) is 45.4. The SMILES string of the molecule is COCCCC(=O)c1cc(C(C)O)cc2c1=CC1CCC34CCC5C(C)(C(O)CO)C(O)CCC5(C1C=2)C3C(=O)C=C1C2CC3(C)CCC#CC(O)C2(C(O)CC14C)C1(CCCC1)C3. The molecule has 348 valence electrons. The molecule has 11 rings (SSSR count). The number of carbonyl (C=O) groups excluding carboxylic acids is 2. The summed E-state index contributed by atoms with van der Waals surface area (Å²) in [5, 5.41) is 73.5. The highest BCUT2D eigenvalue weighted by atomic mass is 16.5. The van der Waals surface area contributed by atoms with Gasteiger partial charge in [0.1, 0.15) is 6.10 Å². The summed E-state index contributed by atoms with van der Waals surface area (Å²) in [6.07, 6.45) is 14.2. The van der Waals surface area contributed by atoms with E-state index < -0.39 is 70.1 Å². The molecule has 9 heteroatoms. The lowest BCUT2D eigenvalue weighted by molar-refractivity contribution is -0.266. The maximum atomic E-state index is 16.2. The van der Waals surface area contributed by atoms with Crippen molar-refractivity contribution in [3.63, 3.8) is 0 Å². The third-order valence-corrected chi connectivity index (χ3v) is 21.3. The van der Waals surface area contributed by atoms with E-state index in [1.54, 1.807) is 14.0 Å². The van der Waals surface area contributed by atoms with Crippen LogP contribution < -0.4 is 10.4 Å². The number of ketones is 2. The molecule has 6 saturated carbocycles. The summed E-state index contributed by atoms with van der Waals surface area (Å²) in [4.78, 5) is 30.4. The molecule has 3 spiro atoms. The first-order valence-electron chi connectivity index (χ1n) is 25.1. The number of fused-ring (bicyclic) bond motifs is 6. The van der Waals surface area contributed by atoms with Gasteiger partial charge in [-0.2, -0.15) is 0 Å². The van der Waals surface area contributed by atoms with Crippen molar-refractivity contribution in [2.24, 2.45) is 67.5 Å². The molecule has 0 aliphatic heterocycles. The Morgan fingerprint density at radius 3 is 2.41 bits per heavy atom. The molecule has 1 aromatic carbocycles. The summed E-state index contributed by atoms with van der Waals surface area (Å²) in [5.41, 5.74) is -1.95. The largest absolute Gasteiger partial charge is 0.394 e. The first-order valence-corrected chi connectivity index (χ1v) is 25.1. The number of ether oxygens (including phenoxy) is 1. The molecular formula is C55H74O9. The van der Waals surface area contributed by atoms with Gasteiger partial charge in [0.25, 0.3) is 0 Å². The molecular weight excluding hydrogens is 805 g/mol. The lowest BCUT2D eigenvalue weighted by Crippen LogP contribution is -2.74. The highest BCUT2D eigenvalue weighted by Gasteiger charge is 2.79. The number of allylic oxidation sites excluding steroid dienone is 2. The quantitative estimate of drug-likeness (QED) is 0.107. The van der Waals surface area contributed by atoms with Gasteiger partial charge in [-0.3, -0.25) is 9.59 Å². The monoisotopic (exact) mass is 879 g/mol. The van der Waals surface area contributed by atoms with E-state index in [9.17, 15) is 35.4 Å². The van der Waals surface area contributed by atoms with Crippen LogP contribution in [0.5, 0.6) is 0 Å². The Labute approximate surface area is 379 Å². The molecule has 16 unspecified atom stereocenters. The van der Waals surface area contributed by atoms with Crippen molar-refractivity contribution < 1.29 is 45.0 Å². The summed E-state index contributed by atoms with van der Waals surface area (Å²) < 4.78 is 5.30. The third kappa shape index (κ3) is 5.75. The smallest absolute Gasteiger partial charge is 0.163 e. The fourth-order valence-electron chi connectivity index (χ4n) is 18.7. The zero-order valence-electron chi connectivity index (χ0n) is 39.0. The van der Waals surface area contributed by atoms with Crippen LogP contribution in [-0.4, -0.2) is 86.9 Å². The van der Waals surface area contributed by atoms with E-state index >= 15 is 4.79 Å². The molecule has 0 heterocycles. The van der Waals surface area contributed by atoms with Crippen LogP contribution in [0.25, 0.3) is 12.2 Å². The Bertz CT molecular complexity index is 2310. The Kier molecular flexibility index (Phi) is 10.9. The molecule has 0 amide bonds. The van der Waals surface area contributed by atoms with Crippen molar-refractivity contribution >= 4 is 23.7 Å². The molecule has 10 aliphatic carbocycles. The maximum Gasteiger partial charge on any atom is 0.163 e. The van der Waals surface area contributed by atoms with Crippen LogP contribution in [0, 0.1) is 79.3 Å². The predicted octanol–water partition coefficient (Wildman–Crippen LogP) is 5.86. The highest BCUT2D eigenvalue weighted by Crippen LogP contribution is 2.82. The average Bonchev–Trinajstić information content (AvgIpc) is 3.73. The van der Waals surface area contributed by atoms with Gasteiger partial charge in [-0.1, -0.05) is 57.3 Å². The van der Waals surface area contributed by atoms with Gasteiger partial charge in [-0.25, -0.2) is 0 Å². The first kappa shape index (κ1) is 45.1. The minimum atomic E-state index is -1.21. The Morgan fingerprint density at radius 1 is 0.938 bits per heavy atom. The molecule has 4 bridgehead atoms. The summed E-state index contributed by atoms with van der Waals surface area (Å²) in [6.45, 7) is 8.37. The second-order valence-electron chi connectivity index (χ2n) is 23.7. The average molecular weight is 879 g/mol. The lowest BCUT2D eigenvalue weighted by atomic mass is 9.29. The van der Waals surface area contributed by atoms with Crippen molar-refractivity contribution in [2.45, 2.75) is 167 Å². The molecule has 9 nitrogen and oxygen atoms in total. The van der Waals surface area contributed by atoms with E-state index in [0.29, 0.717) is 69.1 Å². The van der Waals surface area contributed by atoms with Gasteiger partial charge in [-0.15, -0.1) is 5.92 Å². The predicted molar refractivity (Wildman–Crippen MR) is 243 cm³/mol. The van der Waals surface area contributed by atoms with E-state index in [2.05, 4.69) is 37.8 Å².